The lowest BCUT2D eigenvalue weighted by Crippen LogP contribution is -1.97. The largest absolute Gasteiger partial charge is 0.493 e. The number of anilines is 1. The van der Waals surface area contributed by atoms with Crippen LogP contribution in [0.2, 0.25) is 0 Å². The summed E-state index contributed by atoms with van der Waals surface area (Å²) in [6, 6.07) is 5.85. The standard InChI is InChI=1S/C14H18N2O2S/c1-4-8-15-14-16-9-12(19-14)10-6-5-7-11(17-2)13(10)18-3/h5-7,9H,4,8H2,1-3H3,(H,15,16). The quantitative estimate of drug-likeness (QED) is 0.876. The van der Waals surface area contributed by atoms with Gasteiger partial charge < -0.3 is 14.8 Å². The van der Waals surface area contributed by atoms with Crippen molar-refractivity contribution in [3.05, 3.63) is 24.4 Å². The Morgan fingerprint density at radius 1 is 1.26 bits per heavy atom. The van der Waals surface area contributed by atoms with E-state index in [2.05, 4.69) is 17.2 Å². The molecule has 1 N–H and O–H groups in total. The molecule has 19 heavy (non-hydrogen) atoms. The average molecular weight is 278 g/mol. The minimum Gasteiger partial charge on any atom is -0.493 e. The molecule has 0 unspecified atom stereocenters. The third-order valence-corrected chi connectivity index (χ3v) is 3.69. The van der Waals surface area contributed by atoms with E-state index >= 15 is 0 Å². The minimum absolute atomic E-state index is 0.733. The van der Waals surface area contributed by atoms with Crippen LogP contribution in [0.1, 0.15) is 13.3 Å². The zero-order chi connectivity index (χ0) is 13.7. The molecule has 0 aliphatic carbocycles. The van der Waals surface area contributed by atoms with Gasteiger partial charge >= 0.3 is 0 Å². The molecule has 1 heterocycles. The Hall–Kier alpha value is -1.75. The van der Waals surface area contributed by atoms with Crippen LogP contribution in [0.3, 0.4) is 0 Å². The SMILES string of the molecule is CCCNc1ncc(-c2cccc(OC)c2OC)s1. The van der Waals surface area contributed by atoms with Crippen molar-refractivity contribution in [1.29, 1.82) is 0 Å². The highest BCUT2D eigenvalue weighted by atomic mass is 32.1. The number of nitrogens with one attached hydrogen (secondary N) is 1. The molecule has 0 radical (unpaired) electrons. The number of aromatic nitrogens is 1. The van der Waals surface area contributed by atoms with Crippen molar-refractivity contribution < 1.29 is 9.47 Å². The molecule has 1 aromatic heterocycles. The lowest BCUT2D eigenvalue weighted by Gasteiger charge is -2.10. The lowest BCUT2D eigenvalue weighted by molar-refractivity contribution is 0.356. The van der Waals surface area contributed by atoms with Crippen LogP contribution in [0.5, 0.6) is 11.5 Å². The Labute approximate surface area is 117 Å². The Morgan fingerprint density at radius 3 is 2.79 bits per heavy atom. The van der Waals surface area contributed by atoms with Gasteiger partial charge in [-0.2, -0.15) is 0 Å². The molecule has 0 bridgehead atoms. The summed E-state index contributed by atoms with van der Waals surface area (Å²) < 4.78 is 10.8. The maximum Gasteiger partial charge on any atom is 0.183 e. The number of para-hydroxylation sites is 1. The zero-order valence-corrected chi connectivity index (χ0v) is 12.2. The summed E-state index contributed by atoms with van der Waals surface area (Å²) in [6.45, 7) is 3.06. The Bertz CT molecular complexity index is 540. The highest BCUT2D eigenvalue weighted by molar-refractivity contribution is 7.18. The van der Waals surface area contributed by atoms with Crippen LogP contribution >= 0.6 is 11.3 Å². The van der Waals surface area contributed by atoms with Gasteiger partial charge in [0.2, 0.25) is 0 Å². The van der Waals surface area contributed by atoms with Crippen molar-refractivity contribution >= 4 is 16.5 Å². The fraction of sp³-hybridized carbons (Fsp3) is 0.357. The molecule has 2 aromatic rings. The lowest BCUT2D eigenvalue weighted by atomic mass is 10.1. The van der Waals surface area contributed by atoms with Gasteiger partial charge in [-0.1, -0.05) is 24.3 Å². The molecule has 2 rings (SSSR count). The number of methoxy groups -OCH3 is 2. The fourth-order valence-corrected chi connectivity index (χ4v) is 2.66. The number of nitrogens with zero attached hydrogens (tertiary/aromatic N) is 1. The van der Waals surface area contributed by atoms with Crippen molar-refractivity contribution in [1.82, 2.24) is 4.98 Å². The summed E-state index contributed by atoms with van der Waals surface area (Å²) in [5.74, 6) is 1.48. The van der Waals surface area contributed by atoms with Gasteiger partial charge in [0.05, 0.1) is 19.1 Å². The molecule has 1 aromatic carbocycles. The van der Waals surface area contributed by atoms with Crippen molar-refractivity contribution in [2.75, 3.05) is 26.1 Å². The van der Waals surface area contributed by atoms with Gasteiger partial charge in [0.1, 0.15) is 0 Å². The summed E-state index contributed by atoms with van der Waals surface area (Å²) in [5, 5.41) is 4.22. The molecule has 0 saturated carbocycles. The van der Waals surface area contributed by atoms with E-state index in [1.165, 1.54) is 0 Å². The van der Waals surface area contributed by atoms with Crippen molar-refractivity contribution in [3.63, 3.8) is 0 Å². The van der Waals surface area contributed by atoms with E-state index in [9.17, 15) is 0 Å². The first-order valence-corrected chi connectivity index (χ1v) is 7.02. The third kappa shape index (κ3) is 2.98. The molecule has 0 spiro atoms. The Kier molecular flexibility index (Phi) is 4.63. The highest BCUT2D eigenvalue weighted by Gasteiger charge is 2.13. The molecule has 0 aliphatic heterocycles. The Morgan fingerprint density at radius 2 is 2.11 bits per heavy atom. The molecular weight excluding hydrogens is 260 g/mol. The second-order valence-electron chi connectivity index (χ2n) is 4.00. The molecule has 102 valence electrons. The van der Waals surface area contributed by atoms with Crippen LogP contribution < -0.4 is 14.8 Å². The van der Waals surface area contributed by atoms with Crippen LogP contribution in [-0.4, -0.2) is 25.7 Å². The van der Waals surface area contributed by atoms with Gasteiger partial charge in [-0.3, -0.25) is 0 Å². The van der Waals surface area contributed by atoms with E-state index in [4.69, 9.17) is 9.47 Å². The number of hydrogen-bond acceptors (Lipinski definition) is 5. The summed E-state index contributed by atoms with van der Waals surface area (Å²) in [4.78, 5) is 5.44. The molecule has 0 fully saturated rings. The van der Waals surface area contributed by atoms with Crippen molar-refractivity contribution in [2.45, 2.75) is 13.3 Å². The predicted octanol–water partition coefficient (Wildman–Crippen LogP) is 3.65. The number of hydrogen-bond donors (Lipinski definition) is 1. The number of rotatable bonds is 6. The number of thiazole rings is 1. The molecule has 0 atom stereocenters. The second-order valence-corrected chi connectivity index (χ2v) is 5.03. The summed E-state index contributed by atoms with van der Waals surface area (Å²) in [7, 11) is 3.29. The van der Waals surface area contributed by atoms with Gasteiger partial charge in [-0.25, -0.2) is 4.98 Å². The zero-order valence-electron chi connectivity index (χ0n) is 11.4. The number of benzene rings is 1. The first-order valence-electron chi connectivity index (χ1n) is 6.21. The average Bonchev–Trinajstić information content (AvgIpc) is 2.92. The minimum atomic E-state index is 0.733. The monoisotopic (exact) mass is 278 g/mol. The molecule has 0 amide bonds. The normalized spacial score (nSPS) is 10.3. The van der Waals surface area contributed by atoms with Gasteiger partial charge in [-0.05, 0) is 18.6 Å². The van der Waals surface area contributed by atoms with Gasteiger partial charge in [0.15, 0.2) is 16.6 Å². The van der Waals surface area contributed by atoms with E-state index < -0.39 is 0 Å². The Balaban J connectivity index is 2.33. The van der Waals surface area contributed by atoms with Crippen molar-refractivity contribution in [3.8, 4) is 21.9 Å². The summed E-state index contributed by atoms with van der Waals surface area (Å²) >= 11 is 1.62. The molecule has 4 nitrogen and oxygen atoms in total. The van der Waals surface area contributed by atoms with Crippen LogP contribution in [0, 0.1) is 0 Å². The summed E-state index contributed by atoms with van der Waals surface area (Å²) in [6.07, 6.45) is 2.94. The first-order chi connectivity index (χ1) is 9.30. The molecular formula is C14H18N2O2S. The van der Waals surface area contributed by atoms with Crippen LogP contribution in [-0.2, 0) is 0 Å². The maximum absolute atomic E-state index is 5.45. The smallest absolute Gasteiger partial charge is 0.183 e. The van der Waals surface area contributed by atoms with E-state index in [1.807, 2.05) is 24.4 Å². The summed E-state index contributed by atoms with van der Waals surface area (Å²) in [5.41, 5.74) is 1.00. The molecule has 5 heteroatoms. The predicted molar refractivity (Wildman–Crippen MR) is 79.4 cm³/mol. The molecule has 0 aliphatic rings. The van der Waals surface area contributed by atoms with Gasteiger partial charge in [0.25, 0.3) is 0 Å². The third-order valence-electron chi connectivity index (χ3n) is 2.70. The van der Waals surface area contributed by atoms with Gasteiger partial charge in [-0.15, -0.1) is 0 Å². The van der Waals surface area contributed by atoms with Crippen LogP contribution in [0.4, 0.5) is 5.13 Å². The number of ether oxygens (including phenoxy) is 2. The van der Waals surface area contributed by atoms with Gasteiger partial charge in [0, 0.05) is 18.3 Å². The highest BCUT2D eigenvalue weighted by Crippen LogP contribution is 2.40. The fourth-order valence-electron chi connectivity index (χ4n) is 1.79. The van der Waals surface area contributed by atoms with E-state index in [1.54, 1.807) is 25.6 Å². The maximum atomic E-state index is 5.45. The topological polar surface area (TPSA) is 43.4 Å². The van der Waals surface area contributed by atoms with Crippen molar-refractivity contribution in [2.24, 2.45) is 0 Å². The van der Waals surface area contributed by atoms with Crippen LogP contribution in [0.15, 0.2) is 24.4 Å². The first kappa shape index (κ1) is 13.7. The van der Waals surface area contributed by atoms with Crippen LogP contribution in [0.25, 0.3) is 10.4 Å². The molecule has 0 saturated heterocycles. The van der Waals surface area contributed by atoms with E-state index in [0.29, 0.717) is 0 Å². The van der Waals surface area contributed by atoms with E-state index in [-0.39, 0.29) is 0 Å². The second kappa shape index (κ2) is 6.43. The van der Waals surface area contributed by atoms with E-state index in [0.717, 1.165) is 40.0 Å².